The average molecular weight is 383 g/mol. The Hall–Kier alpha value is -4.38. The Morgan fingerprint density at radius 1 is 1.07 bits per heavy atom. The van der Waals surface area contributed by atoms with Crippen LogP contribution in [-0.4, -0.2) is 26.4 Å². The van der Waals surface area contributed by atoms with Crippen LogP contribution in [0.25, 0.3) is 22.8 Å². The zero-order valence-electron chi connectivity index (χ0n) is 15.0. The molecule has 0 aliphatic carbocycles. The van der Waals surface area contributed by atoms with Crippen LogP contribution in [0.1, 0.15) is 5.56 Å². The lowest BCUT2D eigenvalue weighted by Gasteiger charge is -2.11. The number of benzene rings is 2. The largest absolute Gasteiger partial charge is 0.454 e. The molecule has 0 unspecified atom stereocenters. The van der Waals surface area contributed by atoms with E-state index in [-0.39, 0.29) is 17.9 Å². The molecule has 0 spiro atoms. The Bertz CT molecular complexity index is 1330. The van der Waals surface area contributed by atoms with Crippen molar-refractivity contribution in [3.05, 3.63) is 82.8 Å². The minimum atomic E-state index is -0.246. The van der Waals surface area contributed by atoms with Crippen LogP contribution >= 0.6 is 0 Å². The summed E-state index contributed by atoms with van der Waals surface area (Å²) in [6.07, 6.45) is 3.17. The molecular weight excluding hydrogens is 370 g/mol. The summed E-state index contributed by atoms with van der Waals surface area (Å²) in [7, 11) is 0. The van der Waals surface area contributed by atoms with Crippen molar-refractivity contribution < 1.29 is 9.47 Å². The fourth-order valence-electron chi connectivity index (χ4n) is 3.21. The fourth-order valence-corrected chi connectivity index (χ4v) is 3.21. The first-order valence-electron chi connectivity index (χ1n) is 8.78. The van der Waals surface area contributed by atoms with Gasteiger partial charge in [0.2, 0.25) is 12.2 Å². The van der Waals surface area contributed by atoms with E-state index in [9.17, 15) is 4.79 Å². The van der Waals surface area contributed by atoms with E-state index in [1.54, 1.807) is 46.0 Å². The van der Waals surface area contributed by atoms with Gasteiger partial charge >= 0.3 is 0 Å². The molecule has 5 rings (SSSR count). The molecule has 1 aliphatic rings. The first-order valence-corrected chi connectivity index (χ1v) is 8.78. The number of nitrogens with zero attached hydrogens (tertiary/aromatic N) is 5. The van der Waals surface area contributed by atoms with Gasteiger partial charge in [-0.1, -0.05) is 12.1 Å². The maximum atomic E-state index is 12.6. The highest BCUT2D eigenvalue weighted by molar-refractivity contribution is 5.60. The van der Waals surface area contributed by atoms with Gasteiger partial charge in [0, 0.05) is 12.3 Å². The SMILES string of the molecule is N#Cc1cccc(-n2nccc2-c2nn(-c3cccc4c3OCO4)ccc2=O)c1. The van der Waals surface area contributed by atoms with Crippen LogP contribution in [0, 0.1) is 11.3 Å². The number of aromatic nitrogens is 4. The zero-order chi connectivity index (χ0) is 19.8. The van der Waals surface area contributed by atoms with Crippen LogP contribution in [0.4, 0.5) is 0 Å². The van der Waals surface area contributed by atoms with Crippen LogP contribution < -0.4 is 14.9 Å². The fraction of sp³-hybridized carbons (Fsp3) is 0.0476. The van der Waals surface area contributed by atoms with E-state index in [1.807, 2.05) is 24.3 Å². The third-order valence-electron chi connectivity index (χ3n) is 4.54. The molecule has 0 amide bonds. The van der Waals surface area contributed by atoms with E-state index in [0.717, 1.165) is 0 Å². The molecule has 0 radical (unpaired) electrons. The van der Waals surface area contributed by atoms with Gasteiger partial charge in [-0.05, 0) is 36.4 Å². The number of ether oxygens (including phenoxy) is 2. The van der Waals surface area contributed by atoms with E-state index in [0.29, 0.717) is 34.1 Å². The van der Waals surface area contributed by atoms with Crippen molar-refractivity contribution in [2.75, 3.05) is 6.79 Å². The Kier molecular flexibility index (Phi) is 3.85. The molecule has 2 aromatic heterocycles. The molecule has 8 heteroatoms. The van der Waals surface area contributed by atoms with Gasteiger partial charge in [0.1, 0.15) is 5.69 Å². The maximum Gasteiger partial charge on any atom is 0.231 e. The topological polar surface area (TPSA) is 95.0 Å². The molecule has 29 heavy (non-hydrogen) atoms. The average Bonchev–Trinajstić information content (AvgIpc) is 3.43. The quantitative estimate of drug-likeness (QED) is 0.540. The van der Waals surface area contributed by atoms with Gasteiger partial charge in [-0.25, -0.2) is 9.36 Å². The Balaban J connectivity index is 1.65. The van der Waals surface area contributed by atoms with Gasteiger partial charge in [-0.15, -0.1) is 0 Å². The summed E-state index contributed by atoms with van der Waals surface area (Å²) in [4.78, 5) is 12.6. The summed E-state index contributed by atoms with van der Waals surface area (Å²) in [6, 6.07) is 17.7. The molecule has 3 heterocycles. The van der Waals surface area contributed by atoms with E-state index >= 15 is 0 Å². The van der Waals surface area contributed by atoms with Crippen molar-refractivity contribution in [3.8, 4) is 40.3 Å². The zero-order valence-corrected chi connectivity index (χ0v) is 15.0. The van der Waals surface area contributed by atoms with E-state index in [2.05, 4.69) is 16.3 Å². The number of hydrogen-bond acceptors (Lipinski definition) is 6. The van der Waals surface area contributed by atoms with Gasteiger partial charge in [0.25, 0.3) is 0 Å². The summed E-state index contributed by atoms with van der Waals surface area (Å²) in [6.45, 7) is 0.140. The molecule has 0 atom stereocenters. The molecule has 140 valence electrons. The smallest absolute Gasteiger partial charge is 0.231 e. The maximum absolute atomic E-state index is 12.6. The van der Waals surface area contributed by atoms with E-state index in [4.69, 9.17) is 14.7 Å². The summed E-state index contributed by atoms with van der Waals surface area (Å²) in [5.74, 6) is 1.20. The highest BCUT2D eigenvalue weighted by Gasteiger charge is 2.20. The first kappa shape index (κ1) is 16.8. The lowest BCUT2D eigenvalue weighted by atomic mass is 10.2. The molecule has 4 aromatic rings. The lowest BCUT2D eigenvalue weighted by Crippen LogP contribution is -2.15. The molecule has 0 bridgehead atoms. The highest BCUT2D eigenvalue weighted by atomic mass is 16.7. The summed E-state index contributed by atoms with van der Waals surface area (Å²) < 4.78 is 14.1. The molecule has 0 N–H and O–H groups in total. The Morgan fingerprint density at radius 2 is 1.97 bits per heavy atom. The predicted octanol–water partition coefficient (Wildman–Crippen LogP) is 2.69. The molecular formula is C21H13N5O3. The van der Waals surface area contributed by atoms with Gasteiger partial charge in [0.15, 0.2) is 17.2 Å². The number of rotatable bonds is 3. The van der Waals surface area contributed by atoms with E-state index < -0.39 is 0 Å². The number of nitriles is 1. The van der Waals surface area contributed by atoms with Gasteiger partial charge in [-0.3, -0.25) is 4.79 Å². The normalized spacial score (nSPS) is 12.0. The van der Waals surface area contributed by atoms with Crippen LogP contribution in [0.2, 0.25) is 0 Å². The second-order valence-electron chi connectivity index (χ2n) is 6.27. The van der Waals surface area contributed by atoms with Crippen molar-refractivity contribution in [2.45, 2.75) is 0 Å². The molecule has 0 saturated carbocycles. The second kappa shape index (κ2) is 6.65. The van der Waals surface area contributed by atoms with Crippen molar-refractivity contribution in [1.82, 2.24) is 19.6 Å². The van der Waals surface area contributed by atoms with Crippen LogP contribution in [0.5, 0.6) is 11.5 Å². The standard InChI is InChI=1S/C21H13N5O3/c22-12-14-3-1-4-15(11-14)26-16(7-9-23-26)20-18(27)8-10-25(24-20)17-5-2-6-19-21(17)29-13-28-19/h1-11H,13H2. The third-order valence-corrected chi connectivity index (χ3v) is 4.54. The summed E-state index contributed by atoms with van der Waals surface area (Å²) in [5.41, 5.74) is 2.33. The predicted molar refractivity (Wildman–Crippen MR) is 103 cm³/mol. The van der Waals surface area contributed by atoms with Crippen LogP contribution in [0.15, 0.2) is 71.8 Å². The van der Waals surface area contributed by atoms with Gasteiger partial charge in [0.05, 0.1) is 29.2 Å². The number of para-hydroxylation sites is 1. The molecule has 0 fully saturated rings. The lowest BCUT2D eigenvalue weighted by molar-refractivity contribution is 0.173. The van der Waals surface area contributed by atoms with Gasteiger partial charge in [-0.2, -0.15) is 15.5 Å². The molecule has 0 saturated heterocycles. The van der Waals surface area contributed by atoms with Gasteiger partial charge < -0.3 is 9.47 Å². The monoisotopic (exact) mass is 383 g/mol. The Labute approximate surface area is 164 Å². The van der Waals surface area contributed by atoms with Crippen molar-refractivity contribution in [3.63, 3.8) is 0 Å². The third kappa shape index (κ3) is 2.82. The molecule has 8 nitrogen and oxygen atoms in total. The molecule has 1 aliphatic heterocycles. The minimum absolute atomic E-state index is 0.140. The molecule has 2 aromatic carbocycles. The van der Waals surface area contributed by atoms with Crippen molar-refractivity contribution >= 4 is 0 Å². The van der Waals surface area contributed by atoms with Crippen molar-refractivity contribution in [2.24, 2.45) is 0 Å². The first-order chi connectivity index (χ1) is 14.2. The van der Waals surface area contributed by atoms with E-state index in [1.165, 1.54) is 6.07 Å². The summed E-state index contributed by atoms with van der Waals surface area (Å²) in [5, 5.41) is 18.0. The van der Waals surface area contributed by atoms with Crippen LogP contribution in [-0.2, 0) is 0 Å². The number of fused-ring (bicyclic) bond motifs is 1. The summed E-state index contributed by atoms with van der Waals surface area (Å²) >= 11 is 0. The second-order valence-corrected chi connectivity index (χ2v) is 6.27. The van der Waals surface area contributed by atoms with Crippen LogP contribution in [0.3, 0.4) is 0 Å². The van der Waals surface area contributed by atoms with Crippen molar-refractivity contribution in [1.29, 1.82) is 5.26 Å². The highest BCUT2D eigenvalue weighted by Crippen LogP contribution is 2.37. The Morgan fingerprint density at radius 3 is 2.86 bits per heavy atom. The minimum Gasteiger partial charge on any atom is -0.454 e. The number of hydrogen-bond donors (Lipinski definition) is 0.